The number of rotatable bonds is 5. The predicted octanol–water partition coefficient (Wildman–Crippen LogP) is 2.90. The highest BCUT2D eigenvalue weighted by Crippen LogP contribution is 2.24. The van der Waals surface area contributed by atoms with E-state index in [1.165, 1.54) is 17.8 Å². The molecule has 1 saturated heterocycles. The summed E-state index contributed by atoms with van der Waals surface area (Å²) in [5.41, 5.74) is 3.02. The Labute approximate surface area is 153 Å². The van der Waals surface area contributed by atoms with E-state index in [-0.39, 0.29) is 18.3 Å². The van der Waals surface area contributed by atoms with Crippen molar-refractivity contribution >= 4 is 17.3 Å². The Kier molecular flexibility index (Phi) is 5.73. The summed E-state index contributed by atoms with van der Waals surface area (Å²) in [6, 6.07) is 11.9. The molecule has 26 heavy (non-hydrogen) atoms. The molecule has 1 aliphatic rings. The number of nitrogens with zero attached hydrogens (tertiary/aromatic N) is 2. The number of hydrogen-bond acceptors (Lipinski definition) is 4. The minimum atomic E-state index is -0.479. The molecular weight excluding hydrogens is 333 g/mol. The molecule has 2 aromatic rings. The topological polar surface area (TPSA) is 44.8 Å². The molecule has 0 bridgehead atoms. The van der Waals surface area contributed by atoms with Crippen LogP contribution in [0, 0.1) is 12.7 Å². The van der Waals surface area contributed by atoms with Gasteiger partial charge in [-0.15, -0.1) is 0 Å². The normalized spacial score (nSPS) is 15.0. The molecule has 0 aliphatic carbocycles. The lowest BCUT2D eigenvalue weighted by Crippen LogP contribution is -2.44. The molecule has 1 heterocycles. The molecule has 3 rings (SSSR count). The Balaban J connectivity index is 1.57. The summed E-state index contributed by atoms with van der Waals surface area (Å²) >= 11 is 0. The van der Waals surface area contributed by atoms with Crippen LogP contribution >= 0.6 is 0 Å². The summed E-state index contributed by atoms with van der Waals surface area (Å²) < 4.78 is 18.7. The van der Waals surface area contributed by atoms with E-state index in [9.17, 15) is 9.18 Å². The molecule has 0 unspecified atom stereocenters. The van der Waals surface area contributed by atoms with E-state index >= 15 is 0 Å². The first-order valence-corrected chi connectivity index (χ1v) is 8.74. The number of para-hydroxylation sites is 1. The van der Waals surface area contributed by atoms with Gasteiger partial charge in [0.2, 0.25) is 0 Å². The van der Waals surface area contributed by atoms with Crippen LogP contribution in [0.5, 0.6) is 5.75 Å². The van der Waals surface area contributed by atoms with Gasteiger partial charge in [0.15, 0.2) is 18.2 Å². The number of benzene rings is 2. The zero-order valence-electron chi connectivity index (χ0n) is 15.2. The molecule has 0 atom stereocenters. The number of hydrogen-bond donors (Lipinski definition) is 1. The van der Waals surface area contributed by atoms with Crippen LogP contribution in [0.25, 0.3) is 0 Å². The van der Waals surface area contributed by atoms with Gasteiger partial charge in [0.05, 0.1) is 0 Å². The second-order valence-corrected chi connectivity index (χ2v) is 6.56. The van der Waals surface area contributed by atoms with Crippen LogP contribution in [-0.4, -0.2) is 50.6 Å². The molecule has 5 nitrogen and oxygen atoms in total. The molecule has 1 aliphatic heterocycles. The summed E-state index contributed by atoms with van der Waals surface area (Å²) in [7, 11) is 2.13. The first-order chi connectivity index (χ1) is 12.5. The van der Waals surface area contributed by atoms with Gasteiger partial charge in [-0.2, -0.15) is 0 Å². The summed E-state index contributed by atoms with van der Waals surface area (Å²) in [4.78, 5) is 16.7. The fraction of sp³-hybridized carbons (Fsp3) is 0.350. The average Bonchev–Trinajstić information content (AvgIpc) is 2.62. The van der Waals surface area contributed by atoms with Crippen molar-refractivity contribution in [1.29, 1.82) is 0 Å². The van der Waals surface area contributed by atoms with Crippen molar-refractivity contribution < 1.29 is 13.9 Å². The summed E-state index contributed by atoms with van der Waals surface area (Å²) in [6.45, 7) is 5.90. The smallest absolute Gasteiger partial charge is 0.262 e. The second-order valence-electron chi connectivity index (χ2n) is 6.56. The van der Waals surface area contributed by atoms with E-state index in [0.717, 1.165) is 31.7 Å². The fourth-order valence-electron chi connectivity index (χ4n) is 3.04. The number of halogens is 1. The second kappa shape index (κ2) is 8.19. The summed E-state index contributed by atoms with van der Waals surface area (Å²) in [5, 5.41) is 2.80. The molecule has 138 valence electrons. The largest absolute Gasteiger partial charge is 0.481 e. The summed E-state index contributed by atoms with van der Waals surface area (Å²) in [6.07, 6.45) is 0. The highest BCUT2D eigenvalue weighted by molar-refractivity contribution is 5.92. The molecule has 0 aromatic heterocycles. The number of piperazine rings is 1. The standard InChI is InChI=1S/C20H24FN3O2/c1-15-13-16(7-8-18(15)24-11-9-23(2)10-12-24)22-20(25)14-26-19-6-4-3-5-17(19)21/h3-8,13H,9-12,14H2,1-2H3,(H,22,25). The summed E-state index contributed by atoms with van der Waals surface area (Å²) in [5.74, 6) is -0.725. The SMILES string of the molecule is Cc1cc(NC(=O)COc2ccccc2F)ccc1N1CCN(C)CC1. The molecule has 1 fully saturated rings. The molecule has 0 saturated carbocycles. The van der Waals surface area contributed by atoms with Crippen LogP contribution in [-0.2, 0) is 4.79 Å². The quantitative estimate of drug-likeness (QED) is 0.894. The van der Waals surface area contributed by atoms with Gasteiger partial charge in [-0.1, -0.05) is 12.1 Å². The van der Waals surface area contributed by atoms with Crippen LogP contribution < -0.4 is 15.0 Å². The van der Waals surface area contributed by atoms with Crippen molar-refractivity contribution in [3.63, 3.8) is 0 Å². The van der Waals surface area contributed by atoms with Crippen molar-refractivity contribution in [3.8, 4) is 5.75 Å². The number of amides is 1. The number of aryl methyl sites for hydroxylation is 1. The Hall–Kier alpha value is -2.60. The first kappa shape index (κ1) is 18.2. The lowest BCUT2D eigenvalue weighted by atomic mass is 10.1. The lowest BCUT2D eigenvalue weighted by Gasteiger charge is -2.35. The lowest BCUT2D eigenvalue weighted by molar-refractivity contribution is -0.118. The van der Waals surface area contributed by atoms with Gasteiger partial charge in [-0.25, -0.2) is 4.39 Å². The van der Waals surface area contributed by atoms with Gasteiger partial charge in [0.25, 0.3) is 5.91 Å². The maximum Gasteiger partial charge on any atom is 0.262 e. The maximum atomic E-state index is 13.5. The number of anilines is 2. The molecule has 2 aromatic carbocycles. The Morgan fingerprint density at radius 2 is 1.88 bits per heavy atom. The van der Waals surface area contributed by atoms with E-state index in [0.29, 0.717) is 5.69 Å². The van der Waals surface area contributed by atoms with Crippen molar-refractivity contribution in [2.45, 2.75) is 6.92 Å². The minimum Gasteiger partial charge on any atom is -0.481 e. The van der Waals surface area contributed by atoms with Crippen LogP contribution in [0.4, 0.5) is 15.8 Å². The number of carbonyl (C=O) groups is 1. The third-order valence-corrected chi connectivity index (χ3v) is 4.52. The van der Waals surface area contributed by atoms with E-state index in [4.69, 9.17) is 4.74 Å². The zero-order chi connectivity index (χ0) is 18.5. The monoisotopic (exact) mass is 357 g/mol. The number of nitrogens with one attached hydrogen (secondary N) is 1. The molecule has 0 radical (unpaired) electrons. The Bertz CT molecular complexity index is 773. The maximum absolute atomic E-state index is 13.5. The molecular formula is C20H24FN3O2. The average molecular weight is 357 g/mol. The van der Waals surface area contributed by atoms with E-state index in [1.807, 2.05) is 25.1 Å². The van der Waals surface area contributed by atoms with Gasteiger partial charge in [0, 0.05) is 37.6 Å². The van der Waals surface area contributed by atoms with Crippen molar-refractivity contribution in [3.05, 3.63) is 53.8 Å². The van der Waals surface area contributed by atoms with Gasteiger partial charge in [-0.05, 0) is 49.9 Å². The van der Waals surface area contributed by atoms with Gasteiger partial charge < -0.3 is 19.9 Å². The predicted molar refractivity (Wildman–Crippen MR) is 101 cm³/mol. The van der Waals surface area contributed by atoms with Crippen LogP contribution in [0.1, 0.15) is 5.56 Å². The Morgan fingerprint density at radius 1 is 1.15 bits per heavy atom. The third-order valence-electron chi connectivity index (χ3n) is 4.52. The highest BCUT2D eigenvalue weighted by atomic mass is 19.1. The number of likely N-dealkylation sites (N-methyl/N-ethyl adjacent to an activating group) is 1. The van der Waals surface area contributed by atoms with Crippen molar-refractivity contribution in [1.82, 2.24) is 4.90 Å². The zero-order valence-corrected chi connectivity index (χ0v) is 15.2. The van der Waals surface area contributed by atoms with Crippen LogP contribution in [0.15, 0.2) is 42.5 Å². The minimum absolute atomic E-state index is 0.0734. The van der Waals surface area contributed by atoms with Crippen molar-refractivity contribution in [2.75, 3.05) is 50.1 Å². The van der Waals surface area contributed by atoms with E-state index < -0.39 is 5.82 Å². The van der Waals surface area contributed by atoms with E-state index in [2.05, 4.69) is 22.2 Å². The first-order valence-electron chi connectivity index (χ1n) is 8.74. The van der Waals surface area contributed by atoms with Gasteiger partial charge in [-0.3, -0.25) is 4.79 Å². The fourth-order valence-corrected chi connectivity index (χ4v) is 3.04. The molecule has 1 amide bonds. The molecule has 0 spiro atoms. The third kappa shape index (κ3) is 4.52. The van der Waals surface area contributed by atoms with Gasteiger partial charge >= 0.3 is 0 Å². The van der Waals surface area contributed by atoms with Crippen molar-refractivity contribution in [2.24, 2.45) is 0 Å². The highest BCUT2D eigenvalue weighted by Gasteiger charge is 2.16. The number of ether oxygens (including phenoxy) is 1. The number of carbonyl (C=O) groups excluding carboxylic acids is 1. The van der Waals surface area contributed by atoms with Crippen LogP contribution in [0.2, 0.25) is 0 Å². The molecule has 1 N–H and O–H groups in total. The Morgan fingerprint density at radius 3 is 2.58 bits per heavy atom. The molecule has 6 heteroatoms. The van der Waals surface area contributed by atoms with Gasteiger partial charge in [0.1, 0.15) is 0 Å². The van der Waals surface area contributed by atoms with Crippen LogP contribution in [0.3, 0.4) is 0 Å². The van der Waals surface area contributed by atoms with E-state index in [1.54, 1.807) is 12.1 Å².